The minimum absolute atomic E-state index is 0.0213. The SMILES string of the molecule is CCC1NCCN(C(=O)O)C1C(C)(C)C. The molecular formula is C11H22N2O2. The summed E-state index contributed by atoms with van der Waals surface area (Å²) in [4.78, 5) is 12.8. The third-order valence-corrected chi connectivity index (χ3v) is 3.05. The largest absolute Gasteiger partial charge is 0.465 e. The maximum atomic E-state index is 11.2. The van der Waals surface area contributed by atoms with Crippen LogP contribution in [0.5, 0.6) is 0 Å². The van der Waals surface area contributed by atoms with E-state index in [1.54, 1.807) is 4.90 Å². The Balaban J connectivity index is 2.91. The van der Waals surface area contributed by atoms with E-state index in [9.17, 15) is 9.90 Å². The fraction of sp³-hybridized carbons (Fsp3) is 0.909. The summed E-state index contributed by atoms with van der Waals surface area (Å²) in [6.45, 7) is 9.75. The van der Waals surface area contributed by atoms with Crippen molar-refractivity contribution < 1.29 is 9.90 Å². The smallest absolute Gasteiger partial charge is 0.407 e. The van der Waals surface area contributed by atoms with Crippen LogP contribution in [0.25, 0.3) is 0 Å². The summed E-state index contributed by atoms with van der Waals surface area (Å²) in [5, 5.41) is 12.6. The maximum absolute atomic E-state index is 11.2. The Morgan fingerprint density at radius 3 is 2.53 bits per heavy atom. The van der Waals surface area contributed by atoms with Crippen molar-refractivity contribution in [2.45, 2.75) is 46.2 Å². The van der Waals surface area contributed by atoms with E-state index in [0.717, 1.165) is 13.0 Å². The van der Waals surface area contributed by atoms with E-state index in [4.69, 9.17) is 0 Å². The highest BCUT2D eigenvalue weighted by molar-refractivity contribution is 5.66. The van der Waals surface area contributed by atoms with Gasteiger partial charge in [0.05, 0.1) is 6.04 Å². The molecule has 15 heavy (non-hydrogen) atoms. The molecule has 2 unspecified atom stereocenters. The molecule has 0 aromatic carbocycles. The molecule has 0 radical (unpaired) electrons. The monoisotopic (exact) mass is 214 g/mol. The fourth-order valence-corrected chi connectivity index (χ4v) is 2.49. The summed E-state index contributed by atoms with van der Waals surface area (Å²) >= 11 is 0. The van der Waals surface area contributed by atoms with Gasteiger partial charge in [0.15, 0.2) is 0 Å². The zero-order valence-corrected chi connectivity index (χ0v) is 10.1. The molecular weight excluding hydrogens is 192 g/mol. The van der Waals surface area contributed by atoms with Crippen LogP contribution in [-0.4, -0.2) is 41.3 Å². The van der Waals surface area contributed by atoms with Crippen molar-refractivity contribution in [1.82, 2.24) is 10.2 Å². The van der Waals surface area contributed by atoms with Gasteiger partial charge in [0.1, 0.15) is 0 Å². The zero-order chi connectivity index (χ0) is 11.6. The number of piperazine rings is 1. The van der Waals surface area contributed by atoms with Gasteiger partial charge in [-0.3, -0.25) is 0 Å². The van der Waals surface area contributed by atoms with Crippen LogP contribution in [-0.2, 0) is 0 Å². The molecule has 4 heteroatoms. The van der Waals surface area contributed by atoms with Crippen molar-refractivity contribution in [3.8, 4) is 0 Å². The van der Waals surface area contributed by atoms with Gasteiger partial charge in [-0.1, -0.05) is 27.7 Å². The van der Waals surface area contributed by atoms with Gasteiger partial charge in [-0.25, -0.2) is 4.79 Å². The van der Waals surface area contributed by atoms with E-state index >= 15 is 0 Å². The van der Waals surface area contributed by atoms with Crippen LogP contribution in [0.2, 0.25) is 0 Å². The molecule has 1 heterocycles. The number of nitrogens with one attached hydrogen (secondary N) is 1. The number of rotatable bonds is 1. The van der Waals surface area contributed by atoms with Gasteiger partial charge in [-0.05, 0) is 11.8 Å². The van der Waals surface area contributed by atoms with Gasteiger partial charge in [0.2, 0.25) is 0 Å². The highest BCUT2D eigenvalue weighted by Gasteiger charge is 2.40. The molecule has 2 N–H and O–H groups in total. The predicted octanol–water partition coefficient (Wildman–Crippen LogP) is 1.76. The summed E-state index contributed by atoms with van der Waals surface area (Å²) < 4.78 is 0. The molecule has 4 nitrogen and oxygen atoms in total. The third kappa shape index (κ3) is 2.62. The van der Waals surface area contributed by atoms with Crippen LogP contribution in [0.3, 0.4) is 0 Å². The average molecular weight is 214 g/mol. The predicted molar refractivity (Wildman–Crippen MR) is 60.1 cm³/mol. The van der Waals surface area contributed by atoms with Gasteiger partial charge in [-0.2, -0.15) is 0 Å². The van der Waals surface area contributed by atoms with Crippen LogP contribution in [0.4, 0.5) is 4.79 Å². The normalized spacial score (nSPS) is 27.9. The first-order chi connectivity index (χ1) is 6.88. The molecule has 1 fully saturated rings. The van der Waals surface area contributed by atoms with Gasteiger partial charge in [-0.15, -0.1) is 0 Å². The number of carbonyl (C=O) groups is 1. The van der Waals surface area contributed by atoms with Gasteiger partial charge >= 0.3 is 6.09 Å². The van der Waals surface area contributed by atoms with E-state index < -0.39 is 6.09 Å². The number of hydrogen-bond acceptors (Lipinski definition) is 2. The quantitative estimate of drug-likeness (QED) is 0.699. The first kappa shape index (κ1) is 12.3. The van der Waals surface area contributed by atoms with Crippen molar-refractivity contribution in [2.75, 3.05) is 13.1 Å². The Labute approximate surface area is 91.6 Å². The molecule has 1 aliphatic rings. The lowest BCUT2D eigenvalue weighted by atomic mass is 9.79. The lowest BCUT2D eigenvalue weighted by molar-refractivity contribution is 0.0404. The van der Waals surface area contributed by atoms with Crippen LogP contribution in [0, 0.1) is 5.41 Å². The molecule has 1 saturated heterocycles. The average Bonchev–Trinajstić information content (AvgIpc) is 2.15. The number of hydrogen-bond donors (Lipinski definition) is 2. The Bertz CT molecular complexity index is 235. The van der Waals surface area contributed by atoms with E-state index in [0.29, 0.717) is 6.54 Å². The number of amides is 1. The molecule has 1 amide bonds. The second kappa shape index (κ2) is 4.39. The molecule has 0 aromatic heterocycles. The summed E-state index contributed by atoms with van der Waals surface area (Å²) in [6.07, 6.45) is 0.168. The first-order valence-corrected chi connectivity index (χ1v) is 5.61. The Morgan fingerprint density at radius 2 is 2.13 bits per heavy atom. The second-order valence-corrected chi connectivity index (χ2v) is 5.26. The molecule has 1 aliphatic heterocycles. The summed E-state index contributed by atoms with van der Waals surface area (Å²) in [5.74, 6) is 0. The summed E-state index contributed by atoms with van der Waals surface area (Å²) in [5.41, 5.74) is -0.0213. The minimum Gasteiger partial charge on any atom is -0.465 e. The number of nitrogens with zero attached hydrogens (tertiary/aromatic N) is 1. The molecule has 0 aromatic rings. The molecule has 88 valence electrons. The van der Waals surface area contributed by atoms with Gasteiger partial charge in [0, 0.05) is 19.1 Å². The molecule has 2 atom stereocenters. The van der Waals surface area contributed by atoms with E-state index in [1.807, 2.05) is 0 Å². The summed E-state index contributed by atoms with van der Waals surface area (Å²) in [7, 11) is 0. The first-order valence-electron chi connectivity index (χ1n) is 5.61. The maximum Gasteiger partial charge on any atom is 0.407 e. The van der Waals surface area contributed by atoms with Crippen molar-refractivity contribution >= 4 is 6.09 Å². The van der Waals surface area contributed by atoms with E-state index in [-0.39, 0.29) is 17.5 Å². The molecule has 0 spiro atoms. The highest BCUT2D eigenvalue weighted by Crippen LogP contribution is 2.30. The standard InChI is InChI=1S/C11H22N2O2/c1-5-8-9(11(2,3)4)13(10(14)15)7-6-12-8/h8-9,12H,5-7H2,1-4H3,(H,14,15). The topological polar surface area (TPSA) is 52.6 Å². The van der Waals surface area contributed by atoms with Gasteiger partial charge < -0.3 is 15.3 Å². The molecule has 1 rings (SSSR count). The van der Waals surface area contributed by atoms with Crippen LogP contribution >= 0.6 is 0 Å². The third-order valence-electron chi connectivity index (χ3n) is 3.05. The minimum atomic E-state index is -0.796. The van der Waals surface area contributed by atoms with Crippen LogP contribution in [0.1, 0.15) is 34.1 Å². The Hall–Kier alpha value is -0.770. The van der Waals surface area contributed by atoms with E-state index in [2.05, 4.69) is 33.0 Å². The molecule has 0 bridgehead atoms. The lowest BCUT2D eigenvalue weighted by Crippen LogP contribution is -2.63. The summed E-state index contributed by atoms with van der Waals surface area (Å²) in [6, 6.07) is 0.337. The van der Waals surface area contributed by atoms with Crippen molar-refractivity contribution in [2.24, 2.45) is 5.41 Å². The fourth-order valence-electron chi connectivity index (χ4n) is 2.49. The zero-order valence-electron chi connectivity index (χ0n) is 10.1. The molecule has 0 saturated carbocycles. The van der Waals surface area contributed by atoms with Crippen molar-refractivity contribution in [3.05, 3.63) is 0 Å². The van der Waals surface area contributed by atoms with E-state index in [1.165, 1.54) is 0 Å². The lowest BCUT2D eigenvalue weighted by Gasteiger charge is -2.47. The van der Waals surface area contributed by atoms with Crippen LogP contribution in [0.15, 0.2) is 0 Å². The van der Waals surface area contributed by atoms with Crippen molar-refractivity contribution in [3.63, 3.8) is 0 Å². The van der Waals surface area contributed by atoms with Crippen LogP contribution < -0.4 is 5.32 Å². The highest BCUT2D eigenvalue weighted by atomic mass is 16.4. The van der Waals surface area contributed by atoms with Gasteiger partial charge in [0.25, 0.3) is 0 Å². The van der Waals surface area contributed by atoms with Crippen molar-refractivity contribution in [1.29, 1.82) is 0 Å². The molecule has 0 aliphatic carbocycles. The second-order valence-electron chi connectivity index (χ2n) is 5.26. The Kier molecular flexibility index (Phi) is 3.60. The Morgan fingerprint density at radius 1 is 1.53 bits per heavy atom. The number of carboxylic acid groups (broad SMARTS) is 1.